The molecule has 2 aromatic rings. The Morgan fingerprint density at radius 2 is 1.73 bits per heavy atom. The highest BCUT2D eigenvalue weighted by Crippen LogP contribution is 2.28. The number of rotatable bonds is 4. The SMILES string of the molecule is CN(Cc1ccccc1Br)C(=O)C(C)(C)c1ccc(Cl)cc1. The molecule has 0 bridgehead atoms. The summed E-state index contributed by atoms with van der Waals surface area (Å²) in [6, 6.07) is 15.4. The molecule has 0 saturated heterocycles. The summed E-state index contributed by atoms with van der Waals surface area (Å²) in [6.45, 7) is 4.45. The van der Waals surface area contributed by atoms with Crippen molar-refractivity contribution in [1.82, 2.24) is 4.90 Å². The lowest BCUT2D eigenvalue weighted by molar-refractivity contribution is -0.135. The summed E-state index contributed by atoms with van der Waals surface area (Å²) in [7, 11) is 1.83. The molecule has 4 heteroatoms. The van der Waals surface area contributed by atoms with E-state index in [9.17, 15) is 4.79 Å². The second-order valence-corrected chi connectivity index (χ2v) is 7.18. The highest BCUT2D eigenvalue weighted by atomic mass is 79.9. The molecular weight excluding hydrogens is 362 g/mol. The zero-order valence-electron chi connectivity index (χ0n) is 12.9. The Labute approximate surface area is 145 Å². The number of hydrogen-bond acceptors (Lipinski definition) is 1. The summed E-state index contributed by atoms with van der Waals surface area (Å²) < 4.78 is 1.01. The molecule has 0 heterocycles. The van der Waals surface area contributed by atoms with Gasteiger partial charge in [-0.1, -0.05) is 57.9 Å². The normalized spacial score (nSPS) is 11.3. The summed E-state index contributed by atoms with van der Waals surface area (Å²) in [5, 5.41) is 0.675. The van der Waals surface area contributed by atoms with Crippen molar-refractivity contribution >= 4 is 33.4 Å². The Bertz CT molecular complexity index is 667. The Balaban J connectivity index is 2.19. The van der Waals surface area contributed by atoms with Crippen LogP contribution in [-0.2, 0) is 16.8 Å². The van der Waals surface area contributed by atoms with E-state index in [4.69, 9.17) is 11.6 Å². The molecule has 116 valence electrons. The van der Waals surface area contributed by atoms with E-state index in [0.717, 1.165) is 15.6 Å². The number of halogens is 2. The monoisotopic (exact) mass is 379 g/mol. The lowest BCUT2D eigenvalue weighted by Gasteiger charge is -2.30. The minimum absolute atomic E-state index is 0.0746. The molecule has 1 amide bonds. The average Bonchev–Trinajstić information content (AvgIpc) is 2.49. The molecule has 0 fully saturated rings. The van der Waals surface area contributed by atoms with E-state index in [-0.39, 0.29) is 5.91 Å². The van der Waals surface area contributed by atoms with Gasteiger partial charge in [-0.05, 0) is 43.2 Å². The van der Waals surface area contributed by atoms with Gasteiger partial charge in [-0.3, -0.25) is 4.79 Å². The van der Waals surface area contributed by atoms with Crippen LogP contribution in [0.1, 0.15) is 25.0 Å². The lowest BCUT2D eigenvalue weighted by Crippen LogP contribution is -2.41. The van der Waals surface area contributed by atoms with Gasteiger partial charge in [0, 0.05) is 23.1 Å². The van der Waals surface area contributed by atoms with Gasteiger partial charge < -0.3 is 4.90 Å². The van der Waals surface area contributed by atoms with Gasteiger partial charge >= 0.3 is 0 Å². The first-order chi connectivity index (χ1) is 10.3. The van der Waals surface area contributed by atoms with Crippen molar-refractivity contribution < 1.29 is 4.79 Å². The second-order valence-electron chi connectivity index (χ2n) is 5.88. The number of likely N-dealkylation sites (N-methyl/N-ethyl adjacent to an activating group) is 1. The predicted molar refractivity (Wildman–Crippen MR) is 95.1 cm³/mol. The molecule has 0 aliphatic carbocycles. The van der Waals surface area contributed by atoms with Crippen molar-refractivity contribution in [2.45, 2.75) is 25.8 Å². The molecular formula is C18H19BrClNO. The van der Waals surface area contributed by atoms with Crippen LogP contribution in [0, 0.1) is 0 Å². The van der Waals surface area contributed by atoms with Gasteiger partial charge in [0.25, 0.3) is 0 Å². The predicted octanol–water partition coefficient (Wildman–Crippen LogP) is 5.04. The molecule has 0 atom stereocenters. The quantitative estimate of drug-likeness (QED) is 0.728. The van der Waals surface area contributed by atoms with E-state index in [1.807, 2.05) is 69.4 Å². The van der Waals surface area contributed by atoms with Gasteiger partial charge in [0.1, 0.15) is 0 Å². The van der Waals surface area contributed by atoms with Gasteiger partial charge in [-0.2, -0.15) is 0 Å². The number of benzene rings is 2. The van der Waals surface area contributed by atoms with E-state index in [1.165, 1.54) is 0 Å². The fourth-order valence-electron chi connectivity index (χ4n) is 2.42. The summed E-state index contributed by atoms with van der Waals surface area (Å²) >= 11 is 9.45. The molecule has 0 saturated carbocycles. The smallest absolute Gasteiger partial charge is 0.232 e. The van der Waals surface area contributed by atoms with E-state index in [2.05, 4.69) is 15.9 Å². The third kappa shape index (κ3) is 3.71. The Kier molecular flexibility index (Phi) is 5.30. The number of amides is 1. The molecule has 0 N–H and O–H groups in total. The fourth-order valence-corrected chi connectivity index (χ4v) is 2.96. The van der Waals surface area contributed by atoms with Crippen molar-refractivity contribution in [3.8, 4) is 0 Å². The molecule has 0 aliphatic heterocycles. The topological polar surface area (TPSA) is 20.3 Å². The van der Waals surface area contributed by atoms with Crippen molar-refractivity contribution in [2.24, 2.45) is 0 Å². The van der Waals surface area contributed by atoms with Crippen LogP contribution in [0.3, 0.4) is 0 Å². The summed E-state index contributed by atoms with van der Waals surface area (Å²) in [5.74, 6) is 0.0746. The Hall–Kier alpha value is -1.32. The molecule has 2 aromatic carbocycles. The maximum absolute atomic E-state index is 12.8. The Morgan fingerprint density at radius 1 is 1.14 bits per heavy atom. The van der Waals surface area contributed by atoms with E-state index in [0.29, 0.717) is 11.6 Å². The summed E-state index contributed by atoms with van der Waals surface area (Å²) in [6.07, 6.45) is 0. The number of carbonyl (C=O) groups is 1. The minimum atomic E-state index is -0.597. The van der Waals surface area contributed by atoms with Crippen LogP contribution in [0.2, 0.25) is 5.02 Å². The zero-order chi connectivity index (χ0) is 16.3. The standard InChI is InChI=1S/C18H19BrClNO/c1-18(2,14-8-10-15(20)11-9-14)17(22)21(3)12-13-6-4-5-7-16(13)19/h4-11H,12H2,1-3H3. The maximum atomic E-state index is 12.8. The average molecular weight is 381 g/mol. The van der Waals surface area contributed by atoms with E-state index < -0.39 is 5.41 Å². The third-order valence-electron chi connectivity index (χ3n) is 3.81. The molecule has 0 radical (unpaired) electrons. The summed E-state index contributed by atoms with van der Waals surface area (Å²) in [5.41, 5.74) is 1.45. The van der Waals surface area contributed by atoms with Crippen LogP contribution in [-0.4, -0.2) is 17.9 Å². The van der Waals surface area contributed by atoms with Gasteiger partial charge in [-0.25, -0.2) is 0 Å². The Morgan fingerprint density at radius 3 is 2.32 bits per heavy atom. The molecule has 2 nitrogen and oxygen atoms in total. The number of nitrogens with zero attached hydrogens (tertiary/aromatic N) is 1. The van der Waals surface area contributed by atoms with Crippen LogP contribution < -0.4 is 0 Å². The fraction of sp³-hybridized carbons (Fsp3) is 0.278. The second kappa shape index (κ2) is 6.84. The van der Waals surface area contributed by atoms with Gasteiger partial charge in [-0.15, -0.1) is 0 Å². The number of hydrogen-bond donors (Lipinski definition) is 0. The van der Waals surface area contributed by atoms with Crippen LogP contribution in [0.15, 0.2) is 53.0 Å². The minimum Gasteiger partial charge on any atom is -0.341 e. The van der Waals surface area contributed by atoms with Crippen molar-refractivity contribution in [3.63, 3.8) is 0 Å². The molecule has 0 aromatic heterocycles. The number of carbonyl (C=O) groups excluding carboxylic acids is 1. The van der Waals surface area contributed by atoms with Crippen LogP contribution in [0.25, 0.3) is 0 Å². The summed E-state index contributed by atoms with van der Waals surface area (Å²) in [4.78, 5) is 14.6. The van der Waals surface area contributed by atoms with Crippen molar-refractivity contribution in [2.75, 3.05) is 7.05 Å². The first-order valence-electron chi connectivity index (χ1n) is 7.07. The molecule has 22 heavy (non-hydrogen) atoms. The molecule has 2 rings (SSSR count). The first kappa shape index (κ1) is 17.0. The van der Waals surface area contributed by atoms with E-state index >= 15 is 0 Å². The van der Waals surface area contributed by atoms with Gasteiger partial charge in [0.05, 0.1) is 5.41 Å². The van der Waals surface area contributed by atoms with Crippen LogP contribution in [0.4, 0.5) is 0 Å². The van der Waals surface area contributed by atoms with Gasteiger partial charge in [0.15, 0.2) is 0 Å². The highest BCUT2D eigenvalue weighted by Gasteiger charge is 2.32. The van der Waals surface area contributed by atoms with Crippen molar-refractivity contribution in [3.05, 3.63) is 69.2 Å². The first-order valence-corrected chi connectivity index (χ1v) is 8.24. The molecule has 0 unspecified atom stereocenters. The largest absolute Gasteiger partial charge is 0.341 e. The molecule has 0 aliphatic rings. The van der Waals surface area contributed by atoms with Gasteiger partial charge in [0.2, 0.25) is 5.91 Å². The lowest BCUT2D eigenvalue weighted by atomic mass is 9.83. The van der Waals surface area contributed by atoms with Crippen LogP contribution in [0.5, 0.6) is 0 Å². The van der Waals surface area contributed by atoms with Crippen LogP contribution >= 0.6 is 27.5 Å². The maximum Gasteiger partial charge on any atom is 0.232 e. The zero-order valence-corrected chi connectivity index (χ0v) is 15.3. The molecule has 0 spiro atoms. The third-order valence-corrected chi connectivity index (χ3v) is 4.84. The highest BCUT2D eigenvalue weighted by molar-refractivity contribution is 9.10. The van der Waals surface area contributed by atoms with E-state index in [1.54, 1.807) is 4.90 Å². The van der Waals surface area contributed by atoms with Crippen molar-refractivity contribution in [1.29, 1.82) is 0 Å².